The zero-order valence-electron chi connectivity index (χ0n) is 62.0. The van der Waals surface area contributed by atoms with Crippen LogP contribution >= 0.6 is 11.6 Å². The molecule has 4 aliphatic heterocycles. The minimum absolute atomic E-state index is 0.0254. The van der Waals surface area contributed by atoms with E-state index in [4.69, 9.17) is 11.6 Å². The molecule has 4 heterocycles. The fourth-order valence-corrected chi connectivity index (χ4v) is 15.8. The van der Waals surface area contributed by atoms with E-state index >= 15 is 19.2 Å². The van der Waals surface area contributed by atoms with E-state index in [1.807, 2.05) is 0 Å². The summed E-state index contributed by atoms with van der Waals surface area (Å²) in [5.74, 6) is -12.9. The summed E-state index contributed by atoms with van der Waals surface area (Å²) in [7, 11) is 9.55. The summed E-state index contributed by atoms with van der Waals surface area (Å²) in [5, 5.41) is 7.89. The predicted molar refractivity (Wildman–Crippen MR) is 373 cm³/mol. The largest absolute Gasteiger partial charge is 0.417 e. The number of likely N-dealkylation sites (N-methyl/N-ethyl adjacent to an activating group) is 7. The zero-order chi connectivity index (χ0) is 76.3. The predicted octanol–water partition coefficient (Wildman–Crippen LogP) is 5.18. The molecule has 9 atom stereocenters. The number of likely N-dealkylation sites (tertiary alicyclic amines) is 2. The molecule has 25 nitrogen and oxygen atoms in total. The number of hydrogen-bond acceptors (Lipinski definition) is 13. The average molecular weight is 1480 g/mol. The molecule has 12 amide bonds. The fraction of sp³-hybridized carbons (Fsp3) is 0.750. The van der Waals surface area contributed by atoms with Gasteiger partial charge in [-0.3, -0.25) is 62.4 Å². The minimum atomic E-state index is -4.81. The number of hydrogen-bond donors (Lipinski definition) is 3. The summed E-state index contributed by atoms with van der Waals surface area (Å²) in [6.07, 6.45) is 0.747. The van der Waals surface area contributed by atoms with E-state index in [9.17, 15) is 60.3 Å². The average Bonchev–Trinajstić information content (AvgIpc) is 1.69. The van der Waals surface area contributed by atoms with Crippen LogP contribution in [0.25, 0.3) is 0 Å². The monoisotopic (exact) mass is 1480 g/mol. The van der Waals surface area contributed by atoms with Gasteiger partial charge in [0.15, 0.2) is 0 Å². The Labute approximate surface area is 607 Å². The third-order valence-electron chi connectivity index (χ3n) is 22.5. The van der Waals surface area contributed by atoms with Gasteiger partial charge in [-0.05, 0) is 100 Å². The first-order chi connectivity index (χ1) is 48.3. The summed E-state index contributed by atoms with van der Waals surface area (Å²) in [6, 6.07) is -7.18. The van der Waals surface area contributed by atoms with Gasteiger partial charge < -0.3 is 60.0 Å². The highest BCUT2D eigenvalue weighted by Crippen LogP contribution is 2.38. The highest BCUT2D eigenvalue weighted by atomic mass is 35.5. The number of carbonyl (C=O) groups excluding carboxylic acids is 12. The maximum atomic E-state index is 15.7. The van der Waals surface area contributed by atoms with Crippen molar-refractivity contribution in [2.75, 3.05) is 102 Å². The first kappa shape index (κ1) is 83.0. The Morgan fingerprint density at radius 1 is 0.660 bits per heavy atom. The van der Waals surface area contributed by atoms with Gasteiger partial charge in [-0.25, -0.2) is 8.78 Å². The molecule has 2 aliphatic carbocycles. The van der Waals surface area contributed by atoms with Crippen molar-refractivity contribution in [1.29, 1.82) is 0 Å². The number of carbonyl (C=O) groups is 12. The molecule has 576 valence electrons. The second kappa shape index (κ2) is 35.7. The molecule has 0 bridgehead atoms. The van der Waals surface area contributed by atoms with Gasteiger partial charge in [0.25, 0.3) is 5.92 Å². The lowest BCUT2D eigenvalue weighted by molar-refractivity contribution is -0.156. The summed E-state index contributed by atoms with van der Waals surface area (Å²) in [6.45, 7) is 6.71. The van der Waals surface area contributed by atoms with E-state index in [0.29, 0.717) is 45.2 Å². The van der Waals surface area contributed by atoms with Crippen molar-refractivity contribution < 1.29 is 79.5 Å². The van der Waals surface area contributed by atoms with Gasteiger partial charge in [0, 0.05) is 101 Å². The van der Waals surface area contributed by atoms with Crippen molar-refractivity contribution in [1.82, 2.24) is 64.9 Å². The van der Waals surface area contributed by atoms with Crippen molar-refractivity contribution >= 4 is 82.5 Å². The molecule has 1 spiro atoms. The Balaban J connectivity index is 1.30. The van der Waals surface area contributed by atoms with E-state index in [-0.39, 0.29) is 69.6 Å². The first-order valence-electron chi connectivity index (χ1n) is 36.6. The molecular formula is C72H109ClF5N13O12. The van der Waals surface area contributed by atoms with Crippen molar-refractivity contribution in [3.05, 3.63) is 34.3 Å². The van der Waals surface area contributed by atoms with E-state index < -0.39 is 198 Å². The molecule has 7 rings (SSSR count). The van der Waals surface area contributed by atoms with E-state index in [0.717, 1.165) is 75.2 Å². The molecule has 6 aliphatic rings. The van der Waals surface area contributed by atoms with Gasteiger partial charge in [0.2, 0.25) is 70.9 Å². The van der Waals surface area contributed by atoms with Crippen molar-refractivity contribution in [3.8, 4) is 0 Å². The number of benzene rings is 1. The zero-order valence-corrected chi connectivity index (χ0v) is 62.8. The molecule has 5 unspecified atom stereocenters. The quantitative estimate of drug-likeness (QED) is 0.255. The van der Waals surface area contributed by atoms with Gasteiger partial charge in [-0.2, -0.15) is 13.2 Å². The Morgan fingerprint density at radius 2 is 1.26 bits per heavy atom. The van der Waals surface area contributed by atoms with Crippen LogP contribution in [-0.2, 0) is 70.1 Å². The van der Waals surface area contributed by atoms with Crippen LogP contribution in [0, 0.1) is 17.8 Å². The minimum Gasteiger partial charge on any atom is -0.343 e. The first-order valence-corrected chi connectivity index (χ1v) is 37.0. The summed E-state index contributed by atoms with van der Waals surface area (Å²) >= 11 is 6.18. The topological polar surface area (TPSA) is 273 Å². The third kappa shape index (κ3) is 20.6. The molecule has 6 fully saturated rings. The molecule has 103 heavy (non-hydrogen) atoms. The molecule has 0 aromatic heterocycles. The SMILES string of the molecule is CC[C@H](C)C1NC(=O)[C@H](C)N(C)C(=O)CC(C(=O)N2CCCCC2)N(C)C(=O)C(C(C)C)N(C)C(=O)C2(CCCC2)NC(=O)[C@@H]2C[C@H](N3CCC(F)(F)CC3)CN2C(=O)C(CCc2ccc(C(F)(F)F)c(Cl)c2)NC(=O)CN(C)C(=O)C(CC2CCCCC2)N(C)C(=O)CN(C)C(=O)CN(C)C1=O. The van der Waals surface area contributed by atoms with Crippen molar-refractivity contribution in [3.63, 3.8) is 0 Å². The highest BCUT2D eigenvalue weighted by molar-refractivity contribution is 6.31. The van der Waals surface area contributed by atoms with E-state index in [1.165, 1.54) is 77.0 Å². The number of alkyl halides is 5. The Kier molecular flexibility index (Phi) is 28.8. The summed E-state index contributed by atoms with van der Waals surface area (Å²) < 4.78 is 71.6. The normalized spacial score (nSPS) is 27.8. The lowest BCUT2D eigenvalue weighted by atomic mass is 9.84. The number of aryl methyl sites for hydroxylation is 1. The number of fused-ring (bicyclic) bond motifs is 1. The lowest BCUT2D eigenvalue weighted by Gasteiger charge is -2.41. The van der Waals surface area contributed by atoms with Crippen LogP contribution in [0.4, 0.5) is 22.0 Å². The molecular weight excluding hydrogens is 1370 g/mol. The number of nitrogens with one attached hydrogen (secondary N) is 3. The summed E-state index contributed by atoms with van der Waals surface area (Å²) in [5.41, 5.74) is -2.60. The Bertz CT molecular complexity index is 3250. The van der Waals surface area contributed by atoms with Crippen LogP contribution in [-0.4, -0.2) is 281 Å². The van der Waals surface area contributed by atoms with E-state index in [1.54, 1.807) is 37.5 Å². The van der Waals surface area contributed by atoms with Crippen molar-refractivity contribution in [2.45, 2.75) is 229 Å². The van der Waals surface area contributed by atoms with Crippen molar-refractivity contribution in [2.24, 2.45) is 17.8 Å². The number of nitrogens with zero attached hydrogens (tertiary/aromatic N) is 10. The molecule has 1 aromatic rings. The van der Waals surface area contributed by atoms with Crippen LogP contribution in [0.3, 0.4) is 0 Å². The van der Waals surface area contributed by atoms with Gasteiger partial charge in [0.1, 0.15) is 47.8 Å². The Hall–Kier alpha value is -7.24. The fourth-order valence-electron chi connectivity index (χ4n) is 15.5. The van der Waals surface area contributed by atoms with Gasteiger partial charge in [-0.1, -0.05) is 96.7 Å². The van der Waals surface area contributed by atoms with Gasteiger partial charge in [0.05, 0.1) is 36.6 Å². The maximum absolute atomic E-state index is 15.7. The molecule has 31 heteroatoms. The number of piperidine rings is 2. The van der Waals surface area contributed by atoms with E-state index in [2.05, 4.69) is 16.0 Å². The highest BCUT2D eigenvalue weighted by Gasteiger charge is 2.53. The number of amides is 12. The third-order valence-corrected chi connectivity index (χ3v) is 22.8. The smallest absolute Gasteiger partial charge is 0.343 e. The molecule has 0 radical (unpaired) electrons. The molecule has 1 aromatic carbocycles. The van der Waals surface area contributed by atoms with Gasteiger partial charge in [-0.15, -0.1) is 0 Å². The second-order valence-electron chi connectivity index (χ2n) is 30.1. The Morgan fingerprint density at radius 3 is 1.85 bits per heavy atom. The van der Waals surface area contributed by atoms with Crippen LogP contribution in [0.15, 0.2) is 18.2 Å². The molecule has 4 saturated heterocycles. The van der Waals surface area contributed by atoms with Crippen LogP contribution < -0.4 is 16.0 Å². The standard InChI is InChI=1S/C72H109ClF5N13O12/c1-13-45(4)60-67(101)84(8)42-58(94)82(6)43-59(95)86(10)54(37-47-22-16-14-17-23-47)65(99)83(7)41-56(92)79-52(27-25-48-24-26-50(51(73)36-48)72(76,77)78)64(98)91-40-49(89-34-30-71(74,75)31-35-89)38-53(91)63(97)81-70(28-18-19-29-70)69(103)88(12)61(44(2)3)68(102)87(11)55(66(100)90-32-20-15-21-33-90)39-57(93)85(9)46(5)62(96)80-60/h24,26,36,44-47,49,52-55,60-61H,13-23,25,27-35,37-43H2,1-12H3,(H,79,92)(H,80,96)(H,81,97)/t45-,46-,49-,52?,53-,54?,55?,60?,61?/m0/s1. The van der Waals surface area contributed by atoms with Crippen LogP contribution in [0.2, 0.25) is 5.02 Å². The van der Waals surface area contributed by atoms with Gasteiger partial charge >= 0.3 is 6.18 Å². The number of rotatable bonds is 10. The number of halogens is 6. The molecule has 3 N–H and O–H groups in total. The summed E-state index contributed by atoms with van der Waals surface area (Å²) in [4.78, 5) is 191. The second-order valence-corrected chi connectivity index (χ2v) is 30.6. The van der Waals surface area contributed by atoms with Crippen LogP contribution in [0.5, 0.6) is 0 Å². The molecule has 2 saturated carbocycles. The lowest BCUT2D eigenvalue weighted by Crippen LogP contribution is -2.65. The van der Waals surface area contributed by atoms with Crippen LogP contribution in [0.1, 0.15) is 168 Å². The maximum Gasteiger partial charge on any atom is 0.417 e.